The first-order valence-corrected chi connectivity index (χ1v) is 7.66. The van der Waals surface area contributed by atoms with Crippen LogP contribution in [0.3, 0.4) is 0 Å². The highest BCUT2D eigenvalue weighted by atomic mass is 16.5. The molecule has 2 heterocycles. The molecule has 2 saturated heterocycles. The maximum absolute atomic E-state index is 12.3. The Labute approximate surface area is 115 Å². The summed E-state index contributed by atoms with van der Waals surface area (Å²) < 4.78 is 5.30. The van der Waals surface area contributed by atoms with Gasteiger partial charge in [0, 0.05) is 31.7 Å². The van der Waals surface area contributed by atoms with Crippen LogP contribution >= 0.6 is 0 Å². The Morgan fingerprint density at radius 2 is 2.05 bits per heavy atom. The van der Waals surface area contributed by atoms with Gasteiger partial charge in [-0.2, -0.15) is 0 Å². The Kier molecular flexibility index (Phi) is 4.35. The van der Waals surface area contributed by atoms with E-state index in [2.05, 4.69) is 10.2 Å². The summed E-state index contributed by atoms with van der Waals surface area (Å²) in [6.07, 6.45) is 5.07. The van der Waals surface area contributed by atoms with Crippen LogP contribution in [0.4, 0.5) is 0 Å². The summed E-state index contributed by atoms with van der Waals surface area (Å²) in [7, 11) is 0. The van der Waals surface area contributed by atoms with E-state index < -0.39 is 0 Å². The van der Waals surface area contributed by atoms with Gasteiger partial charge in [0.1, 0.15) is 0 Å². The van der Waals surface area contributed by atoms with Crippen molar-refractivity contribution in [2.75, 3.05) is 45.9 Å². The van der Waals surface area contributed by atoms with Gasteiger partial charge in [0.25, 0.3) is 0 Å². The topological polar surface area (TPSA) is 44.8 Å². The number of nitrogens with one attached hydrogen (secondary N) is 1. The van der Waals surface area contributed by atoms with Crippen LogP contribution in [0.15, 0.2) is 0 Å². The highest BCUT2D eigenvalue weighted by Crippen LogP contribution is 2.27. The van der Waals surface area contributed by atoms with Gasteiger partial charge in [-0.15, -0.1) is 0 Å². The zero-order valence-electron chi connectivity index (χ0n) is 11.6. The first kappa shape index (κ1) is 13.3. The summed E-state index contributed by atoms with van der Waals surface area (Å²) in [6.45, 7) is 5.70. The Balaban J connectivity index is 1.50. The number of ether oxygens (including phenoxy) is 1. The van der Waals surface area contributed by atoms with Gasteiger partial charge < -0.3 is 15.0 Å². The summed E-state index contributed by atoms with van der Waals surface area (Å²) >= 11 is 0. The van der Waals surface area contributed by atoms with Gasteiger partial charge in [-0.05, 0) is 32.2 Å². The molecule has 3 fully saturated rings. The molecule has 1 amide bonds. The first-order chi connectivity index (χ1) is 9.33. The van der Waals surface area contributed by atoms with Crippen molar-refractivity contribution in [3.63, 3.8) is 0 Å². The van der Waals surface area contributed by atoms with E-state index in [4.69, 9.17) is 4.74 Å². The van der Waals surface area contributed by atoms with Crippen molar-refractivity contribution in [2.24, 2.45) is 0 Å². The summed E-state index contributed by atoms with van der Waals surface area (Å²) in [5.41, 5.74) is 0. The Bertz CT molecular complexity index is 308. The van der Waals surface area contributed by atoms with Gasteiger partial charge in [0.2, 0.25) is 5.91 Å². The Morgan fingerprint density at radius 1 is 1.26 bits per heavy atom. The lowest BCUT2D eigenvalue weighted by atomic mass is 10.2. The van der Waals surface area contributed by atoms with Gasteiger partial charge in [0.05, 0.1) is 19.8 Å². The lowest BCUT2D eigenvalue weighted by molar-refractivity contribution is -0.136. The number of hydrogen-bond acceptors (Lipinski definition) is 4. The SMILES string of the molecule is O=C(CN(CC1CCCN1)C1CC1)N1CCOCC1. The van der Waals surface area contributed by atoms with Crippen molar-refractivity contribution >= 4 is 5.91 Å². The van der Waals surface area contributed by atoms with E-state index >= 15 is 0 Å². The third kappa shape index (κ3) is 3.68. The van der Waals surface area contributed by atoms with Gasteiger partial charge in [-0.3, -0.25) is 9.69 Å². The molecular weight excluding hydrogens is 242 g/mol. The zero-order valence-corrected chi connectivity index (χ0v) is 11.6. The monoisotopic (exact) mass is 267 g/mol. The number of nitrogens with zero attached hydrogens (tertiary/aromatic N) is 2. The van der Waals surface area contributed by atoms with Crippen molar-refractivity contribution in [2.45, 2.75) is 37.8 Å². The fourth-order valence-corrected chi connectivity index (χ4v) is 3.06. The van der Waals surface area contributed by atoms with Gasteiger partial charge in [-0.1, -0.05) is 0 Å². The quantitative estimate of drug-likeness (QED) is 0.765. The minimum absolute atomic E-state index is 0.285. The molecule has 3 aliphatic rings. The van der Waals surface area contributed by atoms with Crippen molar-refractivity contribution in [3.8, 4) is 0 Å². The van der Waals surface area contributed by atoms with Crippen molar-refractivity contribution in [1.29, 1.82) is 0 Å². The van der Waals surface area contributed by atoms with E-state index in [0.29, 0.717) is 31.8 Å². The van der Waals surface area contributed by atoms with Gasteiger partial charge in [-0.25, -0.2) is 0 Å². The maximum atomic E-state index is 12.3. The molecule has 0 bridgehead atoms. The average molecular weight is 267 g/mol. The largest absolute Gasteiger partial charge is 0.378 e. The predicted molar refractivity (Wildman–Crippen MR) is 73.0 cm³/mol. The van der Waals surface area contributed by atoms with Gasteiger partial charge >= 0.3 is 0 Å². The summed E-state index contributed by atoms with van der Waals surface area (Å²) in [6, 6.07) is 1.26. The predicted octanol–water partition coefficient (Wildman–Crippen LogP) is 0.0616. The third-order valence-electron chi connectivity index (χ3n) is 4.38. The highest BCUT2D eigenvalue weighted by Gasteiger charge is 2.33. The van der Waals surface area contributed by atoms with Crippen LogP contribution in [-0.4, -0.2) is 73.7 Å². The lowest BCUT2D eigenvalue weighted by Gasteiger charge is -2.31. The third-order valence-corrected chi connectivity index (χ3v) is 4.38. The van der Waals surface area contributed by atoms with Crippen LogP contribution in [-0.2, 0) is 9.53 Å². The molecule has 0 aromatic rings. The normalized spacial score (nSPS) is 28.1. The molecule has 3 rings (SSSR count). The van der Waals surface area contributed by atoms with Crippen LogP contribution in [0, 0.1) is 0 Å². The summed E-state index contributed by atoms with van der Waals surface area (Å²) in [5.74, 6) is 0.285. The molecular formula is C14H25N3O2. The number of morpholine rings is 1. The molecule has 1 N–H and O–H groups in total. The lowest BCUT2D eigenvalue weighted by Crippen LogP contribution is -2.48. The van der Waals surface area contributed by atoms with Crippen molar-refractivity contribution < 1.29 is 9.53 Å². The molecule has 2 aliphatic heterocycles. The molecule has 5 heteroatoms. The fourth-order valence-electron chi connectivity index (χ4n) is 3.06. The number of amides is 1. The minimum atomic E-state index is 0.285. The van der Waals surface area contributed by atoms with E-state index in [-0.39, 0.29) is 5.91 Å². The van der Waals surface area contributed by atoms with Crippen LogP contribution in [0.5, 0.6) is 0 Å². The second-order valence-corrected chi connectivity index (χ2v) is 5.95. The molecule has 1 unspecified atom stereocenters. The van der Waals surface area contributed by atoms with Gasteiger partial charge in [0.15, 0.2) is 0 Å². The van der Waals surface area contributed by atoms with E-state index in [9.17, 15) is 4.79 Å². The molecule has 1 atom stereocenters. The molecule has 0 aromatic carbocycles. The molecule has 5 nitrogen and oxygen atoms in total. The Hall–Kier alpha value is -0.650. The van der Waals surface area contributed by atoms with Crippen LogP contribution in [0.25, 0.3) is 0 Å². The van der Waals surface area contributed by atoms with E-state index in [1.165, 1.54) is 25.7 Å². The van der Waals surface area contributed by atoms with Crippen LogP contribution < -0.4 is 5.32 Å². The maximum Gasteiger partial charge on any atom is 0.236 e. The molecule has 19 heavy (non-hydrogen) atoms. The summed E-state index contributed by atoms with van der Waals surface area (Å²) in [5, 5.41) is 3.54. The molecule has 0 spiro atoms. The molecule has 108 valence electrons. The summed E-state index contributed by atoms with van der Waals surface area (Å²) in [4.78, 5) is 16.7. The van der Waals surface area contributed by atoms with E-state index in [1.807, 2.05) is 4.90 Å². The Morgan fingerprint density at radius 3 is 2.68 bits per heavy atom. The molecule has 0 radical (unpaired) electrons. The average Bonchev–Trinajstić information content (AvgIpc) is 3.17. The molecule has 1 aliphatic carbocycles. The smallest absolute Gasteiger partial charge is 0.236 e. The van der Waals surface area contributed by atoms with E-state index in [0.717, 1.165) is 26.2 Å². The van der Waals surface area contributed by atoms with Crippen LogP contribution in [0.1, 0.15) is 25.7 Å². The van der Waals surface area contributed by atoms with E-state index in [1.54, 1.807) is 0 Å². The zero-order chi connectivity index (χ0) is 13.1. The second kappa shape index (κ2) is 6.20. The molecule has 1 saturated carbocycles. The number of carbonyl (C=O) groups is 1. The van der Waals surface area contributed by atoms with Crippen molar-refractivity contribution in [3.05, 3.63) is 0 Å². The van der Waals surface area contributed by atoms with Crippen molar-refractivity contribution in [1.82, 2.24) is 15.1 Å². The standard InChI is InChI=1S/C14H25N3O2/c18-14(16-6-8-19-9-7-16)11-17(13-3-4-13)10-12-2-1-5-15-12/h12-13,15H,1-11H2. The fraction of sp³-hybridized carbons (Fsp3) is 0.929. The molecule has 0 aromatic heterocycles. The second-order valence-electron chi connectivity index (χ2n) is 5.95. The minimum Gasteiger partial charge on any atom is -0.378 e. The number of hydrogen-bond donors (Lipinski definition) is 1. The van der Waals surface area contributed by atoms with Crippen LogP contribution in [0.2, 0.25) is 0 Å². The number of carbonyl (C=O) groups excluding carboxylic acids is 1. The first-order valence-electron chi connectivity index (χ1n) is 7.66. The number of rotatable bonds is 5. The highest BCUT2D eigenvalue weighted by molar-refractivity contribution is 5.78.